The Kier molecular flexibility index (Phi) is 5.78. The van der Waals surface area contributed by atoms with Gasteiger partial charge in [0.25, 0.3) is 0 Å². The van der Waals surface area contributed by atoms with Gasteiger partial charge in [-0.1, -0.05) is 46.3 Å². The Balaban J connectivity index is 1.73. The number of hydrogen-bond donors (Lipinski definition) is 0. The zero-order valence-electron chi connectivity index (χ0n) is 14.5. The van der Waals surface area contributed by atoms with E-state index in [9.17, 15) is 13.7 Å². The van der Waals surface area contributed by atoms with E-state index in [0.29, 0.717) is 31.1 Å². The lowest BCUT2D eigenvalue weighted by Crippen LogP contribution is -2.49. The second-order valence-corrected chi connectivity index (χ2v) is 9.09. The molecule has 1 aliphatic rings. The van der Waals surface area contributed by atoms with Gasteiger partial charge in [0.2, 0.25) is 10.0 Å². The van der Waals surface area contributed by atoms with Crippen molar-refractivity contribution in [1.29, 1.82) is 5.26 Å². The van der Waals surface area contributed by atoms with Crippen molar-refractivity contribution in [2.75, 3.05) is 26.2 Å². The smallest absolute Gasteiger partial charge is 0.243 e. The normalized spacial score (nSPS) is 17.6. The number of aryl methyl sites for hydroxylation is 1. The number of hydrogen-bond acceptors (Lipinski definition) is 4. The molecule has 1 atom stereocenters. The van der Waals surface area contributed by atoms with Gasteiger partial charge in [-0.25, -0.2) is 8.42 Å². The summed E-state index contributed by atoms with van der Waals surface area (Å²) < 4.78 is 28.2. The first-order chi connectivity index (χ1) is 12.4. The largest absolute Gasteiger partial charge is 0.282 e. The van der Waals surface area contributed by atoms with Crippen molar-refractivity contribution in [2.45, 2.75) is 17.9 Å². The molecule has 1 saturated heterocycles. The van der Waals surface area contributed by atoms with E-state index in [1.54, 1.807) is 18.2 Å². The second-order valence-electron chi connectivity index (χ2n) is 6.29. The van der Waals surface area contributed by atoms with E-state index in [1.165, 1.54) is 4.31 Å². The van der Waals surface area contributed by atoms with Crippen LogP contribution in [0.15, 0.2) is 57.9 Å². The van der Waals surface area contributed by atoms with E-state index < -0.39 is 10.0 Å². The second kappa shape index (κ2) is 7.89. The summed E-state index contributed by atoms with van der Waals surface area (Å²) in [5.41, 5.74) is 1.83. The molecule has 136 valence electrons. The highest BCUT2D eigenvalue weighted by atomic mass is 79.9. The van der Waals surface area contributed by atoms with Crippen molar-refractivity contribution in [3.05, 3.63) is 64.1 Å². The summed E-state index contributed by atoms with van der Waals surface area (Å²) in [6.45, 7) is 3.69. The van der Waals surface area contributed by atoms with Crippen LogP contribution in [-0.4, -0.2) is 43.8 Å². The van der Waals surface area contributed by atoms with Gasteiger partial charge >= 0.3 is 0 Å². The fourth-order valence-electron chi connectivity index (χ4n) is 3.13. The van der Waals surface area contributed by atoms with Crippen LogP contribution in [0.25, 0.3) is 0 Å². The summed E-state index contributed by atoms with van der Waals surface area (Å²) in [6.07, 6.45) is 0. The van der Waals surface area contributed by atoms with E-state index >= 15 is 0 Å². The minimum absolute atomic E-state index is 0.312. The van der Waals surface area contributed by atoms with Gasteiger partial charge in [0.15, 0.2) is 0 Å². The predicted octanol–water partition coefficient (Wildman–Crippen LogP) is 3.33. The van der Waals surface area contributed by atoms with E-state index in [0.717, 1.165) is 15.6 Å². The molecule has 0 aliphatic carbocycles. The van der Waals surface area contributed by atoms with Crippen LogP contribution in [0.1, 0.15) is 17.2 Å². The molecule has 0 radical (unpaired) electrons. The number of sulfonamides is 1. The third kappa shape index (κ3) is 3.84. The molecule has 5 nitrogen and oxygen atoms in total. The molecule has 0 saturated carbocycles. The lowest BCUT2D eigenvalue weighted by atomic mass is 10.1. The topological polar surface area (TPSA) is 64.4 Å². The zero-order chi connectivity index (χ0) is 18.7. The Morgan fingerprint density at radius 2 is 1.73 bits per heavy atom. The minimum atomic E-state index is -3.52. The fourth-order valence-corrected chi connectivity index (χ4v) is 4.89. The van der Waals surface area contributed by atoms with Crippen LogP contribution in [0.2, 0.25) is 0 Å². The molecule has 0 spiro atoms. The standard InChI is InChI=1S/C19H20BrN3O2S/c1-15-13-17(7-8-18(15)20)26(24,25)23-11-9-22(10-12-23)19(14-21)16-5-3-2-4-6-16/h2-8,13,19H,9-12H2,1H3. The molecule has 0 bridgehead atoms. The molecule has 0 N–H and O–H groups in total. The summed E-state index contributed by atoms with van der Waals surface area (Å²) in [4.78, 5) is 2.35. The van der Waals surface area contributed by atoms with Crippen molar-refractivity contribution < 1.29 is 8.42 Å². The van der Waals surface area contributed by atoms with Gasteiger partial charge in [0.1, 0.15) is 6.04 Å². The summed E-state index contributed by atoms with van der Waals surface area (Å²) in [5.74, 6) is 0. The lowest BCUT2D eigenvalue weighted by molar-refractivity contribution is 0.162. The summed E-state index contributed by atoms with van der Waals surface area (Å²) >= 11 is 3.40. The quantitative estimate of drug-likeness (QED) is 0.741. The first-order valence-electron chi connectivity index (χ1n) is 8.38. The van der Waals surface area contributed by atoms with Gasteiger partial charge in [0.05, 0.1) is 11.0 Å². The van der Waals surface area contributed by atoms with E-state index in [1.807, 2.05) is 42.2 Å². The predicted molar refractivity (Wildman–Crippen MR) is 104 cm³/mol. The van der Waals surface area contributed by atoms with E-state index in [2.05, 4.69) is 22.0 Å². The zero-order valence-corrected chi connectivity index (χ0v) is 16.9. The van der Waals surface area contributed by atoms with Gasteiger partial charge in [0, 0.05) is 30.7 Å². The average molecular weight is 434 g/mol. The van der Waals surface area contributed by atoms with Crippen LogP contribution in [0, 0.1) is 18.3 Å². The van der Waals surface area contributed by atoms with Gasteiger partial charge in [-0.2, -0.15) is 9.57 Å². The van der Waals surface area contributed by atoms with Gasteiger partial charge in [-0.15, -0.1) is 0 Å². The van der Waals surface area contributed by atoms with Crippen molar-refractivity contribution >= 4 is 26.0 Å². The molecule has 1 aliphatic heterocycles. The van der Waals surface area contributed by atoms with Crippen LogP contribution in [0.5, 0.6) is 0 Å². The Labute approximate surface area is 163 Å². The van der Waals surface area contributed by atoms with Crippen molar-refractivity contribution in [3.63, 3.8) is 0 Å². The Bertz CT molecular complexity index is 918. The maximum Gasteiger partial charge on any atom is 0.243 e. The molecular formula is C19H20BrN3O2S. The minimum Gasteiger partial charge on any atom is -0.282 e. The van der Waals surface area contributed by atoms with Gasteiger partial charge in [-0.05, 0) is 36.2 Å². The number of nitrogens with zero attached hydrogens (tertiary/aromatic N) is 3. The highest BCUT2D eigenvalue weighted by Gasteiger charge is 2.31. The molecule has 2 aromatic carbocycles. The summed E-state index contributed by atoms with van der Waals surface area (Å²) in [5, 5.41) is 9.56. The third-order valence-electron chi connectivity index (χ3n) is 4.64. The summed E-state index contributed by atoms with van der Waals surface area (Å²) in [7, 11) is -3.52. The highest BCUT2D eigenvalue weighted by Crippen LogP contribution is 2.26. The first kappa shape index (κ1) is 19.1. The molecule has 0 aromatic heterocycles. The van der Waals surface area contributed by atoms with Gasteiger partial charge < -0.3 is 0 Å². The average Bonchev–Trinajstić information content (AvgIpc) is 2.66. The lowest BCUT2D eigenvalue weighted by Gasteiger charge is -2.36. The molecule has 0 amide bonds. The number of benzene rings is 2. The molecule has 3 rings (SSSR count). The molecule has 2 aromatic rings. The number of nitriles is 1. The Morgan fingerprint density at radius 1 is 1.08 bits per heavy atom. The molecule has 7 heteroatoms. The molecular weight excluding hydrogens is 414 g/mol. The first-order valence-corrected chi connectivity index (χ1v) is 10.6. The van der Waals surface area contributed by atoms with Crippen LogP contribution in [0.3, 0.4) is 0 Å². The third-order valence-corrected chi connectivity index (χ3v) is 7.43. The summed E-state index contributed by atoms with van der Waals surface area (Å²) in [6, 6.07) is 16.7. The Hall–Kier alpha value is -1.72. The molecule has 1 heterocycles. The SMILES string of the molecule is Cc1cc(S(=O)(=O)N2CCN(C(C#N)c3ccccc3)CC2)ccc1Br. The fraction of sp³-hybridized carbons (Fsp3) is 0.316. The van der Waals surface area contributed by atoms with Gasteiger partial charge in [-0.3, -0.25) is 4.90 Å². The van der Waals surface area contributed by atoms with Crippen LogP contribution in [-0.2, 0) is 10.0 Å². The monoisotopic (exact) mass is 433 g/mol. The number of piperazine rings is 1. The molecule has 1 fully saturated rings. The maximum atomic E-state index is 12.9. The van der Waals surface area contributed by atoms with Crippen molar-refractivity contribution in [2.24, 2.45) is 0 Å². The maximum absolute atomic E-state index is 12.9. The van der Waals surface area contributed by atoms with Crippen LogP contribution >= 0.6 is 15.9 Å². The van der Waals surface area contributed by atoms with Crippen molar-refractivity contribution in [1.82, 2.24) is 9.21 Å². The van der Waals surface area contributed by atoms with Crippen LogP contribution in [0.4, 0.5) is 0 Å². The molecule has 26 heavy (non-hydrogen) atoms. The highest BCUT2D eigenvalue weighted by molar-refractivity contribution is 9.10. The van der Waals surface area contributed by atoms with E-state index in [4.69, 9.17) is 0 Å². The van der Waals surface area contributed by atoms with Crippen molar-refractivity contribution in [3.8, 4) is 6.07 Å². The number of halogens is 1. The molecule has 1 unspecified atom stereocenters. The number of rotatable bonds is 4. The van der Waals surface area contributed by atoms with E-state index in [-0.39, 0.29) is 6.04 Å². The van der Waals surface area contributed by atoms with Crippen LogP contribution < -0.4 is 0 Å². The Morgan fingerprint density at radius 3 is 2.31 bits per heavy atom.